The highest BCUT2D eigenvalue weighted by Gasteiger charge is 2.27. The van der Waals surface area contributed by atoms with Crippen molar-refractivity contribution in [1.82, 2.24) is 0 Å². The number of anilines is 3. The molecule has 4 N–H and O–H groups in total. The van der Waals surface area contributed by atoms with E-state index in [9.17, 15) is 19.5 Å². The van der Waals surface area contributed by atoms with Crippen LogP contribution in [-0.2, 0) is 15.6 Å². The van der Waals surface area contributed by atoms with Crippen molar-refractivity contribution in [3.63, 3.8) is 0 Å². The number of ether oxygens (including phenoxy) is 1. The summed E-state index contributed by atoms with van der Waals surface area (Å²) >= 11 is 6.55. The van der Waals surface area contributed by atoms with Gasteiger partial charge in [-0.05, 0) is 90.3 Å². The van der Waals surface area contributed by atoms with Gasteiger partial charge in [0.05, 0.1) is 33.7 Å². The molecule has 1 unspecified atom stereocenters. The normalized spacial score (nSPS) is 12.3. The molecule has 0 bridgehead atoms. The molecule has 6 aromatic carbocycles. The quantitative estimate of drug-likeness (QED) is 0.0501. The van der Waals surface area contributed by atoms with Crippen LogP contribution in [0.1, 0.15) is 106 Å². The molecule has 1 atom stereocenters. The molecule has 0 aliphatic heterocycles. The number of hydrogen-bond donors (Lipinski definition) is 4. The molecule has 0 saturated heterocycles. The SMILES string of the molecule is CCCC(Nc1ccc(N=Nc2cc(C(=O)Nc3cc(NC(=O)COc4ccc(C(C)(C)CC)cc4C(C)(C)CC)ccc3Cl)c(O)c3ccccc23)cc1)C(=O)c1ccccc1. The summed E-state index contributed by atoms with van der Waals surface area (Å²) in [5, 5.41) is 30.5. The van der Waals surface area contributed by atoms with Gasteiger partial charge in [-0.1, -0.05) is 133 Å². The number of nitrogens with one attached hydrogen (secondary N) is 3. The van der Waals surface area contributed by atoms with Gasteiger partial charge < -0.3 is 25.8 Å². The third kappa shape index (κ3) is 11.1. The van der Waals surface area contributed by atoms with Gasteiger partial charge in [0.25, 0.3) is 11.8 Å². The maximum Gasteiger partial charge on any atom is 0.262 e. The predicted molar refractivity (Wildman–Crippen MR) is 256 cm³/mol. The van der Waals surface area contributed by atoms with Crippen molar-refractivity contribution in [3.8, 4) is 11.5 Å². The number of halogens is 1. The van der Waals surface area contributed by atoms with Gasteiger partial charge in [0, 0.05) is 33.3 Å². The summed E-state index contributed by atoms with van der Waals surface area (Å²) in [7, 11) is 0. The van der Waals surface area contributed by atoms with Crippen LogP contribution in [-0.4, -0.2) is 35.4 Å². The summed E-state index contributed by atoms with van der Waals surface area (Å²) < 4.78 is 6.13. The maximum atomic E-state index is 13.9. The summed E-state index contributed by atoms with van der Waals surface area (Å²) in [6.45, 7) is 14.9. The minimum Gasteiger partial charge on any atom is -0.506 e. The van der Waals surface area contributed by atoms with Crippen molar-refractivity contribution in [2.75, 3.05) is 22.6 Å². The highest BCUT2D eigenvalue weighted by Crippen LogP contribution is 2.40. The number of Topliss-reactive ketones (excluding diaryl/α,β-unsaturated/α-hetero) is 1. The second-order valence-electron chi connectivity index (χ2n) is 17.0. The van der Waals surface area contributed by atoms with Crippen molar-refractivity contribution < 1.29 is 24.2 Å². The van der Waals surface area contributed by atoms with Crippen LogP contribution in [0.3, 0.4) is 0 Å². The van der Waals surface area contributed by atoms with Gasteiger partial charge >= 0.3 is 0 Å². The Morgan fingerprint density at radius 3 is 2.08 bits per heavy atom. The molecule has 11 heteroatoms. The number of benzene rings is 6. The number of carbonyl (C=O) groups is 3. The molecule has 0 fully saturated rings. The standard InChI is InChI=1S/C52H56ClN5O5/c1-8-16-43(48(60)33-17-12-11-13-18-33)54-35-22-24-36(25-23-35)57-58-44-31-40(49(61)39-20-15-14-19-38(39)44)50(62)56-45-30-37(26-27-42(45)53)55-47(59)32-63-46-28-21-34(51(4,5)9-2)29-41(46)52(6,7)10-3/h11-15,17-31,43,54,61H,8-10,16,32H2,1-7H3,(H,55,59)(H,56,62). The van der Waals surface area contributed by atoms with Crippen LogP contribution in [0.15, 0.2) is 132 Å². The zero-order valence-electron chi connectivity index (χ0n) is 37.0. The molecular weight excluding hydrogens is 810 g/mol. The van der Waals surface area contributed by atoms with Crippen LogP contribution in [0.4, 0.5) is 28.4 Å². The van der Waals surface area contributed by atoms with Crippen LogP contribution in [0, 0.1) is 0 Å². The lowest BCUT2D eigenvalue weighted by atomic mass is 9.76. The minimum absolute atomic E-state index is 0.00402. The van der Waals surface area contributed by atoms with E-state index < -0.39 is 5.91 Å². The number of carbonyl (C=O) groups excluding carboxylic acids is 3. The number of azo groups is 1. The Labute approximate surface area is 375 Å². The van der Waals surface area contributed by atoms with Crippen LogP contribution >= 0.6 is 11.6 Å². The van der Waals surface area contributed by atoms with Crippen LogP contribution in [0.5, 0.6) is 11.5 Å². The Hall–Kier alpha value is -6.52. The smallest absolute Gasteiger partial charge is 0.262 e. The molecule has 2 amide bonds. The third-order valence-corrected chi connectivity index (χ3v) is 12.1. The lowest BCUT2D eigenvalue weighted by Crippen LogP contribution is -2.29. The van der Waals surface area contributed by atoms with Crippen molar-refractivity contribution in [2.45, 2.75) is 91.0 Å². The van der Waals surface area contributed by atoms with Crippen molar-refractivity contribution in [2.24, 2.45) is 10.2 Å². The molecule has 0 aliphatic rings. The minimum atomic E-state index is -0.647. The lowest BCUT2D eigenvalue weighted by Gasteiger charge is -2.30. The van der Waals surface area contributed by atoms with E-state index in [2.05, 4.69) is 79.9 Å². The summed E-state index contributed by atoms with van der Waals surface area (Å²) in [6, 6.07) is 35.6. The molecule has 326 valence electrons. The predicted octanol–water partition coefficient (Wildman–Crippen LogP) is 13.7. The largest absolute Gasteiger partial charge is 0.506 e. The van der Waals surface area contributed by atoms with Crippen molar-refractivity contribution >= 4 is 68.4 Å². The van der Waals surface area contributed by atoms with E-state index in [-0.39, 0.29) is 57.2 Å². The van der Waals surface area contributed by atoms with Crippen molar-refractivity contribution in [3.05, 3.63) is 149 Å². The van der Waals surface area contributed by atoms with Gasteiger partial charge in [0.1, 0.15) is 11.5 Å². The fourth-order valence-corrected chi connectivity index (χ4v) is 7.29. The zero-order chi connectivity index (χ0) is 45.3. The van der Waals surface area contributed by atoms with Gasteiger partial charge in [0.2, 0.25) is 0 Å². The van der Waals surface area contributed by atoms with E-state index in [0.717, 1.165) is 30.5 Å². The van der Waals surface area contributed by atoms with Gasteiger partial charge in [0.15, 0.2) is 12.4 Å². The first-order valence-electron chi connectivity index (χ1n) is 21.4. The van der Waals surface area contributed by atoms with Crippen LogP contribution in [0.2, 0.25) is 5.02 Å². The average Bonchev–Trinajstić information content (AvgIpc) is 3.29. The first-order chi connectivity index (χ1) is 30.1. The van der Waals surface area contributed by atoms with Crippen LogP contribution < -0.4 is 20.7 Å². The average molecular weight is 867 g/mol. The highest BCUT2D eigenvalue weighted by molar-refractivity contribution is 6.34. The molecule has 6 aromatic rings. The Morgan fingerprint density at radius 2 is 1.40 bits per heavy atom. The van der Waals surface area contributed by atoms with Crippen molar-refractivity contribution in [1.29, 1.82) is 0 Å². The molecule has 0 radical (unpaired) electrons. The van der Waals surface area contributed by atoms with Gasteiger partial charge in [-0.15, -0.1) is 5.11 Å². The first kappa shape index (κ1) is 46.0. The Bertz CT molecular complexity index is 2630. The molecular formula is C52H56ClN5O5. The van der Waals surface area contributed by atoms with E-state index in [0.29, 0.717) is 45.6 Å². The number of amides is 2. The Balaban J connectivity index is 1.16. The number of rotatable bonds is 18. The lowest BCUT2D eigenvalue weighted by molar-refractivity contribution is -0.118. The summed E-state index contributed by atoms with van der Waals surface area (Å²) in [5.41, 5.74) is 4.97. The Morgan fingerprint density at radius 1 is 0.730 bits per heavy atom. The number of aromatic hydroxyl groups is 1. The second-order valence-corrected chi connectivity index (χ2v) is 17.4. The molecule has 0 spiro atoms. The molecule has 0 aromatic heterocycles. The zero-order valence-corrected chi connectivity index (χ0v) is 37.8. The van der Waals surface area contributed by atoms with E-state index in [1.165, 1.54) is 11.6 Å². The molecule has 0 aliphatic carbocycles. The molecule has 6 rings (SSSR count). The summed E-state index contributed by atoms with van der Waals surface area (Å²) in [5.74, 6) is -0.586. The molecule has 63 heavy (non-hydrogen) atoms. The second kappa shape index (κ2) is 20.1. The third-order valence-electron chi connectivity index (χ3n) is 11.8. The van der Waals surface area contributed by atoms with E-state index in [4.69, 9.17) is 16.3 Å². The van der Waals surface area contributed by atoms with Crippen LogP contribution in [0.25, 0.3) is 10.8 Å². The molecule has 0 heterocycles. The van der Waals surface area contributed by atoms with Gasteiger partial charge in [-0.2, -0.15) is 5.11 Å². The fraction of sp³-hybridized carbons (Fsp3) is 0.288. The van der Waals surface area contributed by atoms with Gasteiger partial charge in [-0.3, -0.25) is 14.4 Å². The first-order valence-corrected chi connectivity index (χ1v) is 21.8. The number of fused-ring (bicyclic) bond motifs is 1. The highest BCUT2D eigenvalue weighted by atomic mass is 35.5. The van der Waals surface area contributed by atoms with E-state index in [1.54, 1.807) is 48.5 Å². The number of ketones is 1. The number of hydrogen-bond acceptors (Lipinski definition) is 8. The van der Waals surface area contributed by atoms with E-state index >= 15 is 0 Å². The van der Waals surface area contributed by atoms with Gasteiger partial charge in [-0.25, -0.2) is 0 Å². The number of nitrogens with zero attached hydrogens (tertiary/aromatic N) is 2. The molecule has 10 nitrogen and oxygen atoms in total. The number of phenols is 1. The molecule has 0 saturated carbocycles. The maximum absolute atomic E-state index is 13.9. The number of phenolic OH excluding ortho intramolecular Hbond substituents is 1. The van der Waals surface area contributed by atoms with E-state index in [1.807, 2.05) is 61.5 Å². The summed E-state index contributed by atoms with van der Waals surface area (Å²) in [4.78, 5) is 40.3. The fourth-order valence-electron chi connectivity index (χ4n) is 7.12. The Kier molecular flexibility index (Phi) is 14.7. The summed E-state index contributed by atoms with van der Waals surface area (Å²) in [6.07, 6.45) is 3.39. The topological polar surface area (TPSA) is 141 Å². The monoisotopic (exact) mass is 865 g/mol.